The highest BCUT2D eigenvalue weighted by Crippen LogP contribution is 2.62. The molecule has 1 heterocycles. The minimum atomic E-state index is -3.16. The largest absolute Gasteiger partial charge is 0.480 e. The van der Waals surface area contributed by atoms with Gasteiger partial charge >= 0.3 is 5.97 Å². The fourth-order valence-corrected chi connectivity index (χ4v) is 1.85. The number of hydrogen-bond acceptors (Lipinski definition) is 2. The Bertz CT molecular complexity index is 441. The van der Waals surface area contributed by atoms with Crippen LogP contribution in [0.1, 0.15) is 17.7 Å². The maximum atomic E-state index is 13.2. The number of carboxylic acid groups (broad SMARTS) is 1. The van der Waals surface area contributed by atoms with Crippen LogP contribution in [-0.4, -0.2) is 26.8 Å². The summed E-state index contributed by atoms with van der Waals surface area (Å²) in [7, 11) is 1.59. The number of rotatable bonds is 2. The molecule has 82 valence electrons. The van der Waals surface area contributed by atoms with Crippen LogP contribution in [0.5, 0.6) is 0 Å². The maximum absolute atomic E-state index is 13.2. The van der Waals surface area contributed by atoms with Crippen molar-refractivity contribution in [1.82, 2.24) is 9.78 Å². The summed E-state index contributed by atoms with van der Waals surface area (Å²) in [5.74, 6) is -4.64. The molecule has 1 saturated carbocycles. The Kier molecular flexibility index (Phi) is 1.72. The second-order valence-corrected chi connectivity index (χ2v) is 3.86. The molecule has 6 heteroatoms. The van der Waals surface area contributed by atoms with Gasteiger partial charge in [0.05, 0.1) is 6.20 Å². The van der Waals surface area contributed by atoms with Gasteiger partial charge in [0.25, 0.3) is 5.92 Å². The first-order valence-corrected chi connectivity index (χ1v) is 4.43. The first-order chi connectivity index (χ1) is 6.83. The zero-order valence-corrected chi connectivity index (χ0v) is 8.29. The molecule has 0 spiro atoms. The smallest absolute Gasteiger partial charge is 0.320 e. The average Bonchev–Trinajstić information content (AvgIpc) is 2.55. The highest BCUT2D eigenvalue weighted by atomic mass is 19.3. The third-order valence-corrected chi connectivity index (χ3v) is 3.05. The van der Waals surface area contributed by atoms with E-state index in [-0.39, 0.29) is 5.56 Å². The zero-order chi connectivity index (χ0) is 11.4. The molecule has 0 radical (unpaired) electrons. The van der Waals surface area contributed by atoms with Crippen molar-refractivity contribution in [2.24, 2.45) is 7.05 Å². The molecule has 1 aromatic heterocycles. The molecule has 0 aliphatic heterocycles. The lowest BCUT2D eigenvalue weighted by Gasteiger charge is -2.10. The second-order valence-electron chi connectivity index (χ2n) is 3.86. The summed E-state index contributed by atoms with van der Waals surface area (Å²) in [6.07, 6.45) is 0.576. The Morgan fingerprint density at radius 3 is 2.47 bits per heavy atom. The van der Waals surface area contributed by atoms with Gasteiger partial charge in [-0.15, -0.1) is 0 Å². The summed E-state index contributed by atoms with van der Waals surface area (Å²) in [5.41, 5.74) is -1.47. The van der Waals surface area contributed by atoms with Crippen molar-refractivity contribution in [3.63, 3.8) is 0 Å². The van der Waals surface area contributed by atoms with Gasteiger partial charge in [0.1, 0.15) is 0 Å². The molecule has 1 aliphatic rings. The normalized spacial score (nSPS) is 27.7. The molecule has 0 aromatic carbocycles. The van der Waals surface area contributed by atoms with Crippen LogP contribution in [-0.2, 0) is 17.3 Å². The topological polar surface area (TPSA) is 55.1 Å². The first kappa shape index (κ1) is 10.1. The van der Waals surface area contributed by atoms with Crippen molar-refractivity contribution in [1.29, 1.82) is 0 Å². The van der Waals surface area contributed by atoms with E-state index in [1.165, 1.54) is 10.9 Å². The van der Waals surface area contributed by atoms with Crippen LogP contribution < -0.4 is 0 Å². The molecule has 1 atom stereocenters. The summed E-state index contributed by atoms with van der Waals surface area (Å²) < 4.78 is 27.7. The molecule has 0 bridgehead atoms. The van der Waals surface area contributed by atoms with Crippen LogP contribution in [0.2, 0.25) is 0 Å². The van der Waals surface area contributed by atoms with Gasteiger partial charge in [-0.1, -0.05) is 0 Å². The molecular weight excluding hydrogens is 206 g/mol. The van der Waals surface area contributed by atoms with E-state index >= 15 is 0 Å². The first-order valence-electron chi connectivity index (χ1n) is 4.43. The van der Waals surface area contributed by atoms with E-state index in [0.29, 0.717) is 5.69 Å². The maximum Gasteiger partial charge on any atom is 0.320 e. The van der Waals surface area contributed by atoms with Crippen LogP contribution in [0, 0.1) is 6.92 Å². The van der Waals surface area contributed by atoms with E-state index in [9.17, 15) is 13.6 Å². The van der Waals surface area contributed by atoms with Crippen LogP contribution in [0.15, 0.2) is 6.20 Å². The highest BCUT2D eigenvalue weighted by molar-refractivity contribution is 5.88. The van der Waals surface area contributed by atoms with Gasteiger partial charge in [-0.05, 0) is 6.92 Å². The Morgan fingerprint density at radius 2 is 2.20 bits per heavy atom. The molecule has 1 aromatic rings. The number of carboxylic acids is 1. The number of halogens is 2. The number of aromatic nitrogens is 2. The van der Waals surface area contributed by atoms with Crippen LogP contribution in [0.3, 0.4) is 0 Å². The molecular formula is C9H10F2N2O2. The molecule has 0 saturated heterocycles. The number of nitrogens with zero attached hydrogens (tertiary/aromatic N) is 2. The van der Waals surface area contributed by atoms with Gasteiger partial charge in [-0.2, -0.15) is 5.10 Å². The SMILES string of the molecule is Cc1c(C2(C(=O)O)CC2(F)F)cnn1C. The predicted molar refractivity (Wildman–Crippen MR) is 46.8 cm³/mol. The molecule has 0 amide bonds. The minimum absolute atomic E-state index is 0.113. The summed E-state index contributed by atoms with van der Waals surface area (Å²) in [6.45, 7) is 1.58. The van der Waals surface area contributed by atoms with Crippen LogP contribution >= 0.6 is 0 Å². The van der Waals surface area contributed by atoms with E-state index in [1.54, 1.807) is 14.0 Å². The lowest BCUT2D eigenvalue weighted by Crippen LogP contribution is -2.27. The quantitative estimate of drug-likeness (QED) is 0.805. The highest BCUT2D eigenvalue weighted by Gasteiger charge is 2.78. The van der Waals surface area contributed by atoms with E-state index in [4.69, 9.17) is 5.11 Å². The zero-order valence-electron chi connectivity index (χ0n) is 8.29. The number of aryl methyl sites for hydroxylation is 1. The molecule has 15 heavy (non-hydrogen) atoms. The summed E-state index contributed by atoms with van der Waals surface area (Å²) >= 11 is 0. The fraction of sp³-hybridized carbons (Fsp3) is 0.556. The van der Waals surface area contributed by atoms with Crippen LogP contribution in [0.25, 0.3) is 0 Å². The van der Waals surface area contributed by atoms with Gasteiger partial charge in [0, 0.05) is 24.7 Å². The average molecular weight is 216 g/mol. The van der Waals surface area contributed by atoms with Gasteiger partial charge in [0.2, 0.25) is 0 Å². The summed E-state index contributed by atoms with van der Waals surface area (Å²) in [6, 6.07) is 0. The molecule has 1 fully saturated rings. The molecule has 2 rings (SSSR count). The van der Waals surface area contributed by atoms with Gasteiger partial charge < -0.3 is 5.11 Å². The molecule has 4 nitrogen and oxygen atoms in total. The molecule has 1 unspecified atom stereocenters. The molecule has 1 aliphatic carbocycles. The van der Waals surface area contributed by atoms with Crippen molar-refractivity contribution in [3.05, 3.63) is 17.5 Å². The minimum Gasteiger partial charge on any atom is -0.480 e. The second kappa shape index (κ2) is 2.56. The van der Waals surface area contributed by atoms with Crippen molar-refractivity contribution >= 4 is 5.97 Å². The van der Waals surface area contributed by atoms with Gasteiger partial charge in [-0.3, -0.25) is 9.48 Å². The number of carbonyl (C=O) groups is 1. The number of alkyl halides is 2. The predicted octanol–water partition coefficient (Wildman–Crippen LogP) is 1.09. The van der Waals surface area contributed by atoms with E-state index in [2.05, 4.69) is 5.10 Å². The van der Waals surface area contributed by atoms with Crippen molar-refractivity contribution in [2.75, 3.05) is 0 Å². The van der Waals surface area contributed by atoms with E-state index in [0.717, 1.165) is 0 Å². The Morgan fingerprint density at radius 1 is 1.67 bits per heavy atom. The third kappa shape index (κ3) is 1.04. The standard InChI is InChI=1S/C9H10F2N2O2/c1-5-6(3-12-13(5)2)8(7(14)15)4-9(8,10)11/h3H,4H2,1-2H3,(H,14,15). The third-order valence-electron chi connectivity index (χ3n) is 3.05. The Balaban J connectivity index is 2.55. The van der Waals surface area contributed by atoms with Gasteiger partial charge in [-0.25, -0.2) is 8.78 Å². The summed E-state index contributed by atoms with van der Waals surface area (Å²) in [4.78, 5) is 10.9. The number of hydrogen-bond donors (Lipinski definition) is 1. The van der Waals surface area contributed by atoms with Crippen molar-refractivity contribution < 1.29 is 18.7 Å². The summed E-state index contributed by atoms with van der Waals surface area (Å²) in [5, 5.41) is 12.7. The van der Waals surface area contributed by atoms with E-state index < -0.39 is 23.7 Å². The lowest BCUT2D eigenvalue weighted by atomic mass is 9.96. The van der Waals surface area contributed by atoms with Gasteiger partial charge in [0.15, 0.2) is 5.41 Å². The fourth-order valence-electron chi connectivity index (χ4n) is 1.85. The van der Waals surface area contributed by atoms with Crippen LogP contribution in [0.4, 0.5) is 8.78 Å². The van der Waals surface area contributed by atoms with E-state index in [1.807, 2.05) is 0 Å². The monoisotopic (exact) mass is 216 g/mol. The lowest BCUT2D eigenvalue weighted by molar-refractivity contribution is -0.143. The Hall–Kier alpha value is -1.46. The molecule has 1 N–H and O–H groups in total. The van der Waals surface area contributed by atoms with Crippen molar-refractivity contribution in [2.45, 2.75) is 24.7 Å². The van der Waals surface area contributed by atoms with Crippen molar-refractivity contribution in [3.8, 4) is 0 Å². The number of aliphatic carboxylic acids is 1. The Labute approximate surface area is 84.5 Å².